The summed E-state index contributed by atoms with van der Waals surface area (Å²) in [5.74, 6) is 0.316. The maximum atomic E-state index is 12.8. The normalized spacial score (nSPS) is 9.63. The van der Waals surface area contributed by atoms with Crippen LogP contribution in [-0.4, -0.2) is 4.98 Å². The Kier molecular flexibility index (Phi) is 4.12. The third kappa shape index (κ3) is 3.31. The Labute approximate surface area is 114 Å². The lowest BCUT2D eigenvalue weighted by atomic mass is 10.2. The van der Waals surface area contributed by atoms with Crippen LogP contribution in [-0.2, 0) is 5.75 Å². The van der Waals surface area contributed by atoms with Gasteiger partial charge in [-0.3, -0.25) is 0 Å². The largest absolute Gasteiger partial charge is 0.247 e. The van der Waals surface area contributed by atoms with Gasteiger partial charge >= 0.3 is 0 Å². The second-order valence-corrected chi connectivity index (χ2v) is 4.68. The molecule has 0 radical (unpaired) electrons. The van der Waals surface area contributed by atoms with Crippen molar-refractivity contribution in [2.45, 2.75) is 10.8 Å². The van der Waals surface area contributed by atoms with E-state index in [2.05, 4.69) is 4.98 Å². The van der Waals surface area contributed by atoms with Crippen LogP contribution in [0.4, 0.5) is 4.39 Å². The SMILES string of the molecule is N#Cc1cnc(SCc2ccc(F)cc2)c(C#N)c1. The number of hydrogen-bond acceptors (Lipinski definition) is 4. The second-order valence-electron chi connectivity index (χ2n) is 3.72. The van der Waals surface area contributed by atoms with Crippen molar-refractivity contribution in [3.05, 3.63) is 59.0 Å². The highest BCUT2D eigenvalue weighted by molar-refractivity contribution is 7.98. The molecule has 0 fully saturated rings. The maximum Gasteiger partial charge on any atom is 0.123 e. The number of thioether (sulfide) groups is 1. The van der Waals surface area contributed by atoms with Gasteiger partial charge in [0.25, 0.3) is 0 Å². The zero-order valence-corrected chi connectivity index (χ0v) is 10.6. The summed E-state index contributed by atoms with van der Waals surface area (Å²) < 4.78 is 12.8. The van der Waals surface area contributed by atoms with E-state index in [-0.39, 0.29) is 5.82 Å². The van der Waals surface area contributed by atoms with Crippen molar-refractivity contribution in [2.75, 3.05) is 0 Å². The molecule has 0 spiro atoms. The molecular formula is C14H8FN3S. The van der Waals surface area contributed by atoms with E-state index in [9.17, 15) is 4.39 Å². The number of benzene rings is 1. The first-order valence-electron chi connectivity index (χ1n) is 5.40. The predicted octanol–water partition coefficient (Wildman–Crippen LogP) is 3.26. The summed E-state index contributed by atoms with van der Waals surface area (Å²) in [5.41, 5.74) is 1.69. The van der Waals surface area contributed by atoms with E-state index in [0.29, 0.717) is 21.9 Å². The maximum absolute atomic E-state index is 12.8. The molecule has 0 aliphatic rings. The topological polar surface area (TPSA) is 60.5 Å². The Bertz CT molecular complexity index is 669. The molecule has 5 heteroatoms. The minimum atomic E-state index is -0.275. The highest BCUT2D eigenvalue weighted by Gasteiger charge is 2.06. The monoisotopic (exact) mass is 269 g/mol. The van der Waals surface area contributed by atoms with Gasteiger partial charge in [0, 0.05) is 11.9 Å². The van der Waals surface area contributed by atoms with Crippen molar-refractivity contribution in [2.24, 2.45) is 0 Å². The molecule has 1 aromatic carbocycles. The van der Waals surface area contributed by atoms with E-state index in [1.807, 2.05) is 12.1 Å². The Morgan fingerprint density at radius 1 is 1.16 bits per heavy atom. The Hall–Kier alpha value is -2.37. The molecule has 2 aromatic rings. The summed E-state index contributed by atoms with van der Waals surface area (Å²) in [4.78, 5) is 4.10. The van der Waals surface area contributed by atoms with Crippen molar-refractivity contribution in [1.82, 2.24) is 4.98 Å². The second kappa shape index (κ2) is 5.99. The molecule has 0 atom stereocenters. The van der Waals surface area contributed by atoms with E-state index >= 15 is 0 Å². The minimum absolute atomic E-state index is 0.275. The lowest BCUT2D eigenvalue weighted by Gasteiger charge is -2.03. The summed E-state index contributed by atoms with van der Waals surface area (Å²) >= 11 is 1.38. The van der Waals surface area contributed by atoms with Gasteiger partial charge in [0.15, 0.2) is 0 Å². The van der Waals surface area contributed by atoms with Crippen molar-refractivity contribution < 1.29 is 4.39 Å². The molecule has 0 amide bonds. The van der Waals surface area contributed by atoms with E-state index in [0.717, 1.165) is 5.56 Å². The summed E-state index contributed by atoms with van der Waals surface area (Å²) in [6.07, 6.45) is 1.44. The van der Waals surface area contributed by atoms with E-state index in [1.165, 1.54) is 36.2 Å². The zero-order chi connectivity index (χ0) is 13.7. The lowest BCUT2D eigenvalue weighted by molar-refractivity contribution is 0.627. The van der Waals surface area contributed by atoms with E-state index in [4.69, 9.17) is 10.5 Å². The number of hydrogen-bond donors (Lipinski definition) is 0. The quantitative estimate of drug-likeness (QED) is 0.802. The number of nitrogens with zero attached hydrogens (tertiary/aromatic N) is 3. The van der Waals surface area contributed by atoms with Crippen molar-refractivity contribution in [1.29, 1.82) is 10.5 Å². The van der Waals surface area contributed by atoms with Gasteiger partial charge in [-0.2, -0.15) is 10.5 Å². The summed E-state index contributed by atoms with van der Waals surface area (Å²) in [5, 5.41) is 18.3. The molecule has 0 bridgehead atoms. The average Bonchev–Trinajstić information content (AvgIpc) is 2.46. The van der Waals surface area contributed by atoms with Gasteiger partial charge in [-0.15, -0.1) is 11.8 Å². The molecule has 3 nitrogen and oxygen atoms in total. The first-order valence-corrected chi connectivity index (χ1v) is 6.39. The molecule has 1 heterocycles. The first-order chi connectivity index (χ1) is 9.22. The average molecular weight is 269 g/mol. The third-order valence-corrected chi connectivity index (χ3v) is 3.47. The smallest absolute Gasteiger partial charge is 0.123 e. The van der Waals surface area contributed by atoms with E-state index < -0.39 is 0 Å². The number of halogens is 1. The highest BCUT2D eigenvalue weighted by Crippen LogP contribution is 2.24. The number of nitriles is 2. The van der Waals surface area contributed by atoms with Crippen molar-refractivity contribution >= 4 is 11.8 Å². The molecule has 0 aliphatic heterocycles. The van der Waals surface area contributed by atoms with Gasteiger partial charge in [-0.1, -0.05) is 12.1 Å². The van der Waals surface area contributed by atoms with Crippen LogP contribution >= 0.6 is 11.8 Å². The van der Waals surface area contributed by atoms with Crippen molar-refractivity contribution in [3.8, 4) is 12.1 Å². The number of pyridine rings is 1. The lowest BCUT2D eigenvalue weighted by Crippen LogP contribution is -1.90. The van der Waals surface area contributed by atoms with Crippen LogP contribution in [0.15, 0.2) is 41.6 Å². The fourth-order valence-electron chi connectivity index (χ4n) is 1.44. The molecule has 0 N–H and O–H groups in total. The highest BCUT2D eigenvalue weighted by atomic mass is 32.2. The minimum Gasteiger partial charge on any atom is -0.247 e. The van der Waals surface area contributed by atoms with Crippen LogP contribution in [0, 0.1) is 28.5 Å². The Morgan fingerprint density at radius 2 is 1.89 bits per heavy atom. The fourth-order valence-corrected chi connectivity index (χ4v) is 2.32. The Balaban J connectivity index is 2.14. The summed E-state index contributed by atoms with van der Waals surface area (Å²) in [7, 11) is 0. The van der Waals surface area contributed by atoms with Crippen LogP contribution in [0.1, 0.15) is 16.7 Å². The van der Waals surface area contributed by atoms with Crippen LogP contribution in [0.3, 0.4) is 0 Å². The van der Waals surface area contributed by atoms with Crippen LogP contribution in [0.2, 0.25) is 0 Å². The predicted molar refractivity (Wildman–Crippen MR) is 69.6 cm³/mol. The van der Waals surface area contributed by atoms with Crippen LogP contribution < -0.4 is 0 Å². The standard InChI is InChI=1S/C14H8FN3S/c15-13-3-1-10(2-4-13)9-19-14-12(7-17)5-11(6-16)8-18-14/h1-5,8H,9H2. The first kappa shape index (κ1) is 13.1. The van der Waals surface area contributed by atoms with Gasteiger partial charge < -0.3 is 0 Å². The third-order valence-electron chi connectivity index (χ3n) is 2.39. The molecule has 2 rings (SSSR count). The van der Waals surface area contributed by atoms with Crippen LogP contribution in [0.25, 0.3) is 0 Å². The molecule has 1 aromatic heterocycles. The molecule has 0 aliphatic carbocycles. The fraction of sp³-hybridized carbons (Fsp3) is 0.0714. The van der Waals surface area contributed by atoms with Crippen molar-refractivity contribution in [3.63, 3.8) is 0 Å². The molecule has 0 unspecified atom stereocenters. The molecule has 92 valence electrons. The number of aromatic nitrogens is 1. The van der Waals surface area contributed by atoms with E-state index in [1.54, 1.807) is 12.1 Å². The molecule has 0 saturated carbocycles. The Morgan fingerprint density at radius 3 is 2.53 bits per heavy atom. The van der Waals surface area contributed by atoms with Gasteiger partial charge in [0.1, 0.15) is 23.0 Å². The molecule has 19 heavy (non-hydrogen) atoms. The van der Waals surface area contributed by atoms with Gasteiger partial charge in [0.2, 0.25) is 0 Å². The number of rotatable bonds is 3. The summed E-state index contributed by atoms with van der Waals surface area (Å²) in [6, 6.07) is 11.7. The molecule has 0 saturated heterocycles. The van der Waals surface area contributed by atoms with Gasteiger partial charge in [0.05, 0.1) is 11.1 Å². The molecular weight excluding hydrogens is 261 g/mol. The summed E-state index contributed by atoms with van der Waals surface area (Å²) in [6.45, 7) is 0. The zero-order valence-electron chi connectivity index (χ0n) is 9.80. The van der Waals surface area contributed by atoms with Crippen LogP contribution in [0.5, 0.6) is 0 Å². The van der Waals surface area contributed by atoms with Gasteiger partial charge in [-0.05, 0) is 23.8 Å². The van der Waals surface area contributed by atoms with Gasteiger partial charge in [-0.25, -0.2) is 9.37 Å².